The smallest absolute Gasteiger partial charge is 0.165 e. The molecule has 0 spiro atoms. The predicted octanol–water partition coefficient (Wildman–Crippen LogP) is 4.69. The van der Waals surface area contributed by atoms with E-state index >= 15 is 0 Å². The molecule has 0 unspecified atom stereocenters. The van der Waals surface area contributed by atoms with Gasteiger partial charge in [-0.3, -0.25) is 4.79 Å². The van der Waals surface area contributed by atoms with E-state index in [0.29, 0.717) is 42.4 Å². The molecule has 2 atom stereocenters. The van der Waals surface area contributed by atoms with Gasteiger partial charge in [0.25, 0.3) is 0 Å². The summed E-state index contributed by atoms with van der Waals surface area (Å²) in [4.78, 5) is 13.0. The molecule has 1 fully saturated rings. The molecule has 0 radical (unpaired) electrons. The van der Waals surface area contributed by atoms with E-state index in [1.165, 1.54) is 6.42 Å². The minimum Gasteiger partial charge on any atom is -0.390 e. The first kappa shape index (κ1) is 19.4. The summed E-state index contributed by atoms with van der Waals surface area (Å²) in [6.07, 6.45) is 7.29. The molecule has 1 saturated carbocycles. The second-order valence-electron chi connectivity index (χ2n) is 7.72. The molecule has 1 N–H and O–H groups in total. The molecule has 3 rings (SSSR count). The third-order valence-electron chi connectivity index (χ3n) is 5.57. The van der Waals surface area contributed by atoms with Crippen LogP contribution in [0.3, 0.4) is 0 Å². The minimum atomic E-state index is -0.703. The monoisotopic (exact) mass is 377 g/mol. The lowest BCUT2D eigenvalue weighted by Crippen LogP contribution is -2.35. The van der Waals surface area contributed by atoms with E-state index in [4.69, 9.17) is 16.3 Å². The zero-order chi connectivity index (χ0) is 18.7. The fourth-order valence-corrected chi connectivity index (χ4v) is 4.50. The van der Waals surface area contributed by atoms with Gasteiger partial charge in [-0.2, -0.15) is 0 Å². The molecule has 0 aliphatic heterocycles. The normalized spacial score (nSPS) is 23.5. The van der Waals surface area contributed by atoms with E-state index in [2.05, 4.69) is 6.92 Å². The van der Waals surface area contributed by atoms with Gasteiger partial charge in [-0.05, 0) is 43.4 Å². The van der Waals surface area contributed by atoms with E-state index in [1.54, 1.807) is 7.11 Å². The molecule has 1 aliphatic rings. The number of halogens is 1. The Labute approximate surface area is 160 Å². The average Bonchev–Trinajstić information content (AvgIpc) is 2.98. The van der Waals surface area contributed by atoms with Crippen molar-refractivity contribution >= 4 is 22.9 Å². The van der Waals surface area contributed by atoms with Gasteiger partial charge in [0.15, 0.2) is 5.78 Å². The molecule has 0 saturated heterocycles. The van der Waals surface area contributed by atoms with Crippen molar-refractivity contribution in [3.63, 3.8) is 0 Å². The van der Waals surface area contributed by atoms with Crippen LogP contribution in [0.1, 0.15) is 61.5 Å². The van der Waals surface area contributed by atoms with E-state index in [-0.39, 0.29) is 5.78 Å². The number of hydrogen-bond donors (Lipinski definition) is 1. The summed E-state index contributed by atoms with van der Waals surface area (Å²) in [5, 5.41) is 11.4. The van der Waals surface area contributed by atoms with E-state index < -0.39 is 5.60 Å². The van der Waals surface area contributed by atoms with E-state index in [0.717, 1.165) is 30.5 Å². The Morgan fingerprint density at radius 1 is 1.50 bits per heavy atom. The second-order valence-corrected chi connectivity index (χ2v) is 8.12. The van der Waals surface area contributed by atoms with Crippen LogP contribution in [-0.2, 0) is 11.2 Å². The highest BCUT2D eigenvalue weighted by molar-refractivity contribution is 6.35. The van der Waals surface area contributed by atoms with Crippen molar-refractivity contribution in [3.8, 4) is 0 Å². The van der Waals surface area contributed by atoms with Crippen LogP contribution in [0.4, 0.5) is 0 Å². The van der Waals surface area contributed by atoms with Gasteiger partial charge >= 0.3 is 0 Å². The number of aromatic nitrogens is 1. The summed E-state index contributed by atoms with van der Waals surface area (Å²) in [7, 11) is 1.67. The van der Waals surface area contributed by atoms with E-state index in [1.807, 2.05) is 28.8 Å². The van der Waals surface area contributed by atoms with Crippen LogP contribution in [-0.4, -0.2) is 34.6 Å². The highest BCUT2D eigenvalue weighted by Gasteiger charge is 2.33. The lowest BCUT2D eigenvalue weighted by atomic mass is 9.76. The molecule has 2 heterocycles. The van der Waals surface area contributed by atoms with Gasteiger partial charge in [-0.15, -0.1) is 0 Å². The maximum Gasteiger partial charge on any atom is 0.165 e. The Hall–Kier alpha value is -1.36. The molecule has 26 heavy (non-hydrogen) atoms. The Morgan fingerprint density at radius 2 is 2.31 bits per heavy atom. The highest BCUT2D eigenvalue weighted by atomic mass is 35.5. The van der Waals surface area contributed by atoms with Crippen molar-refractivity contribution in [2.75, 3.05) is 13.7 Å². The summed E-state index contributed by atoms with van der Waals surface area (Å²) >= 11 is 6.40. The van der Waals surface area contributed by atoms with E-state index in [9.17, 15) is 9.90 Å². The maximum absolute atomic E-state index is 13.0. The zero-order valence-corrected chi connectivity index (χ0v) is 16.4. The number of ketones is 1. The molecule has 1 aliphatic carbocycles. The predicted molar refractivity (Wildman–Crippen MR) is 104 cm³/mol. The fraction of sp³-hybridized carbons (Fsp3) is 0.571. The number of hydrogen-bond acceptors (Lipinski definition) is 3. The van der Waals surface area contributed by atoms with Crippen molar-refractivity contribution in [2.45, 2.75) is 57.5 Å². The van der Waals surface area contributed by atoms with Gasteiger partial charge in [-0.25, -0.2) is 0 Å². The molecular formula is C21H28ClNO3. The molecule has 142 valence electrons. The highest BCUT2D eigenvalue weighted by Crippen LogP contribution is 2.36. The van der Waals surface area contributed by atoms with Crippen LogP contribution in [0.5, 0.6) is 0 Å². The van der Waals surface area contributed by atoms with Gasteiger partial charge in [-0.1, -0.05) is 31.4 Å². The molecule has 0 bridgehead atoms. The number of ether oxygens (including phenoxy) is 1. The minimum absolute atomic E-state index is 0.0471. The molecule has 2 aromatic rings. The van der Waals surface area contributed by atoms with Crippen LogP contribution in [0.15, 0.2) is 24.4 Å². The first-order valence-corrected chi connectivity index (χ1v) is 9.84. The molecular weight excluding hydrogens is 350 g/mol. The SMILES string of the molecule is COCCc1cc(C(=O)CC[C@]2(O)CCC[C@H](C)C2)c2c(Cl)cccn12. The molecule has 0 aromatic carbocycles. The number of nitrogens with zero attached hydrogens (tertiary/aromatic N) is 1. The van der Waals surface area contributed by atoms with Gasteiger partial charge in [0.1, 0.15) is 0 Å². The first-order valence-electron chi connectivity index (χ1n) is 9.46. The van der Waals surface area contributed by atoms with Gasteiger partial charge in [0, 0.05) is 37.4 Å². The number of aliphatic hydroxyl groups is 1. The van der Waals surface area contributed by atoms with Crippen LogP contribution in [0, 0.1) is 5.92 Å². The Kier molecular flexibility index (Phi) is 6.06. The quantitative estimate of drug-likeness (QED) is 0.712. The number of carbonyl (C=O) groups excluding carboxylic acids is 1. The van der Waals surface area contributed by atoms with Gasteiger partial charge < -0.3 is 14.2 Å². The summed E-state index contributed by atoms with van der Waals surface area (Å²) in [6.45, 7) is 2.76. The summed E-state index contributed by atoms with van der Waals surface area (Å²) in [6, 6.07) is 5.62. The summed E-state index contributed by atoms with van der Waals surface area (Å²) in [5.74, 6) is 0.570. The lowest BCUT2D eigenvalue weighted by molar-refractivity contribution is -0.0204. The number of rotatable bonds is 7. The van der Waals surface area contributed by atoms with Crippen molar-refractivity contribution in [1.29, 1.82) is 0 Å². The molecule has 5 heteroatoms. The maximum atomic E-state index is 13.0. The number of pyridine rings is 1. The third-order valence-corrected chi connectivity index (χ3v) is 5.87. The first-order chi connectivity index (χ1) is 12.4. The average molecular weight is 378 g/mol. The summed E-state index contributed by atoms with van der Waals surface area (Å²) < 4.78 is 7.16. The largest absolute Gasteiger partial charge is 0.390 e. The van der Waals surface area contributed by atoms with Crippen molar-refractivity contribution in [3.05, 3.63) is 40.7 Å². The second kappa shape index (κ2) is 8.12. The molecule has 2 aromatic heterocycles. The van der Waals surface area contributed by atoms with Gasteiger partial charge in [0.05, 0.1) is 22.7 Å². The summed E-state index contributed by atoms with van der Waals surface area (Å²) in [5.41, 5.74) is 1.71. The number of fused-ring (bicyclic) bond motifs is 1. The van der Waals surface area contributed by atoms with Crippen LogP contribution in [0.2, 0.25) is 5.02 Å². The van der Waals surface area contributed by atoms with Crippen LogP contribution in [0.25, 0.3) is 5.52 Å². The fourth-order valence-electron chi connectivity index (χ4n) is 4.24. The zero-order valence-electron chi connectivity index (χ0n) is 15.6. The van der Waals surface area contributed by atoms with Crippen molar-refractivity contribution < 1.29 is 14.6 Å². The van der Waals surface area contributed by atoms with Crippen molar-refractivity contribution in [2.24, 2.45) is 5.92 Å². The van der Waals surface area contributed by atoms with Crippen LogP contribution >= 0.6 is 11.6 Å². The third kappa shape index (κ3) is 4.13. The van der Waals surface area contributed by atoms with Crippen molar-refractivity contribution in [1.82, 2.24) is 4.40 Å². The Balaban J connectivity index is 1.81. The Bertz CT molecular complexity index is 785. The van der Waals surface area contributed by atoms with Gasteiger partial charge in [0.2, 0.25) is 0 Å². The van der Waals surface area contributed by atoms with Crippen LogP contribution < -0.4 is 0 Å². The topological polar surface area (TPSA) is 50.9 Å². The molecule has 0 amide bonds. The Morgan fingerprint density at radius 3 is 3.04 bits per heavy atom. The number of Topliss-reactive ketones (excluding diaryl/α,β-unsaturated/α-hetero) is 1. The number of carbonyl (C=O) groups is 1. The number of methoxy groups -OCH3 is 1. The molecule has 4 nitrogen and oxygen atoms in total. The lowest BCUT2D eigenvalue weighted by Gasteiger charge is -2.35. The standard InChI is InChI=1S/C21H28ClNO3/c1-15-5-3-9-21(25,14-15)10-7-19(24)17-13-16(8-12-26-2)23-11-4-6-18(22)20(17)23/h4,6,11,13,15,25H,3,5,7-10,12,14H2,1-2H3/t15-,21+/m0/s1.